The van der Waals surface area contributed by atoms with Crippen molar-refractivity contribution in [3.63, 3.8) is 0 Å². The van der Waals surface area contributed by atoms with Crippen molar-refractivity contribution in [1.29, 1.82) is 0 Å². The Bertz CT molecular complexity index is 568. The van der Waals surface area contributed by atoms with E-state index in [1.165, 1.54) is 0 Å². The topological polar surface area (TPSA) is 62.0 Å². The highest BCUT2D eigenvalue weighted by molar-refractivity contribution is 5.86. The molecule has 6 nitrogen and oxygen atoms in total. The summed E-state index contributed by atoms with van der Waals surface area (Å²) >= 11 is 0. The highest BCUT2D eigenvalue weighted by Gasteiger charge is 2.27. The summed E-state index contributed by atoms with van der Waals surface area (Å²) in [5.41, 5.74) is 6.98. The van der Waals surface area contributed by atoms with Gasteiger partial charge in [-0.15, -0.1) is 37.2 Å². The van der Waals surface area contributed by atoms with Gasteiger partial charge in [0.25, 0.3) is 0 Å². The Balaban J connectivity index is 0. The quantitative estimate of drug-likeness (QED) is 0.682. The molecule has 2 atom stereocenters. The van der Waals surface area contributed by atoms with Crippen LogP contribution in [0.1, 0.15) is 13.8 Å². The van der Waals surface area contributed by atoms with Crippen molar-refractivity contribution in [3.8, 4) is 5.75 Å². The second-order valence-corrected chi connectivity index (χ2v) is 7.08. The molecule has 1 aliphatic rings. The summed E-state index contributed by atoms with van der Waals surface area (Å²) in [4.78, 5) is 18.8. The zero-order chi connectivity index (χ0) is 18.4. The van der Waals surface area contributed by atoms with E-state index in [1.54, 1.807) is 0 Å². The second-order valence-electron chi connectivity index (χ2n) is 7.08. The van der Waals surface area contributed by atoms with Gasteiger partial charge < -0.3 is 25.2 Å². The van der Waals surface area contributed by atoms with Gasteiger partial charge in [0.1, 0.15) is 12.4 Å². The fourth-order valence-corrected chi connectivity index (χ4v) is 2.86. The zero-order valence-electron chi connectivity index (χ0n) is 17.2. The molecule has 0 spiro atoms. The summed E-state index contributed by atoms with van der Waals surface area (Å²) < 4.78 is 5.96. The molecule has 1 aromatic rings. The van der Waals surface area contributed by atoms with Gasteiger partial charge in [0.2, 0.25) is 5.91 Å². The van der Waals surface area contributed by atoms with Gasteiger partial charge in [0, 0.05) is 38.8 Å². The number of ether oxygens (including phenoxy) is 1. The van der Waals surface area contributed by atoms with Gasteiger partial charge in [-0.1, -0.05) is 19.1 Å². The molecule has 9 heteroatoms. The van der Waals surface area contributed by atoms with Gasteiger partial charge in [-0.2, -0.15) is 0 Å². The molecule has 0 radical (unpaired) electrons. The summed E-state index contributed by atoms with van der Waals surface area (Å²) in [6.07, 6.45) is 0. The molecule has 164 valence electrons. The predicted molar refractivity (Wildman–Crippen MR) is 124 cm³/mol. The highest BCUT2D eigenvalue weighted by Crippen LogP contribution is 2.29. The molecular weight excluding hydrogens is 423 g/mol. The van der Waals surface area contributed by atoms with Crippen LogP contribution in [0, 0.1) is 5.92 Å². The van der Waals surface area contributed by atoms with E-state index in [0.29, 0.717) is 6.61 Å². The van der Waals surface area contributed by atoms with Gasteiger partial charge >= 0.3 is 0 Å². The van der Waals surface area contributed by atoms with Crippen LogP contribution < -0.4 is 15.4 Å². The van der Waals surface area contributed by atoms with E-state index >= 15 is 0 Å². The van der Waals surface area contributed by atoms with E-state index < -0.39 is 0 Å². The number of carbonyl (C=O) groups excluding carboxylic acids is 1. The zero-order valence-corrected chi connectivity index (χ0v) is 19.6. The minimum atomic E-state index is -0.131. The molecule has 2 N–H and O–H groups in total. The standard InChI is InChI=1S/C19H32N4O2.3ClH/c1-15(16(2)20)19(24)23-11-9-22(10-12-23)17-7-5-6-8-18(17)25-14-13-21(3)4;;;/h5-8,15-16H,9-14,20H2,1-4H3;3*1H. The van der Waals surface area contributed by atoms with Crippen LogP contribution >= 0.6 is 37.2 Å². The maximum atomic E-state index is 12.5. The Labute approximate surface area is 188 Å². The minimum absolute atomic E-state index is 0. The van der Waals surface area contributed by atoms with Gasteiger partial charge in [-0.3, -0.25) is 4.79 Å². The van der Waals surface area contributed by atoms with Gasteiger partial charge in [0.15, 0.2) is 0 Å². The fourth-order valence-electron chi connectivity index (χ4n) is 2.86. The van der Waals surface area contributed by atoms with E-state index in [4.69, 9.17) is 10.5 Å². The Morgan fingerprint density at radius 3 is 2.21 bits per heavy atom. The molecule has 1 heterocycles. The maximum Gasteiger partial charge on any atom is 0.227 e. The van der Waals surface area contributed by atoms with E-state index in [-0.39, 0.29) is 55.1 Å². The number of carbonyl (C=O) groups is 1. The van der Waals surface area contributed by atoms with E-state index in [1.807, 2.05) is 51.0 Å². The third kappa shape index (κ3) is 8.21. The van der Waals surface area contributed by atoms with Crippen molar-refractivity contribution in [2.24, 2.45) is 11.7 Å². The van der Waals surface area contributed by atoms with Crippen LogP contribution in [0.25, 0.3) is 0 Å². The molecule has 1 aliphatic heterocycles. The average Bonchev–Trinajstić information content (AvgIpc) is 2.60. The highest BCUT2D eigenvalue weighted by atomic mass is 35.5. The lowest BCUT2D eigenvalue weighted by atomic mass is 10.0. The van der Waals surface area contributed by atoms with Gasteiger partial charge in [-0.05, 0) is 33.2 Å². The average molecular weight is 458 g/mol. The Kier molecular flexibility index (Phi) is 14.8. The summed E-state index contributed by atoms with van der Waals surface area (Å²) in [5, 5.41) is 0. The maximum absolute atomic E-state index is 12.5. The molecule has 0 saturated carbocycles. The third-order valence-electron chi connectivity index (χ3n) is 4.77. The first-order valence-electron chi connectivity index (χ1n) is 9.06. The van der Waals surface area contributed by atoms with E-state index in [0.717, 1.165) is 44.2 Å². The van der Waals surface area contributed by atoms with Gasteiger partial charge in [-0.25, -0.2) is 0 Å². The number of nitrogens with two attached hydrogens (primary N) is 1. The first-order valence-corrected chi connectivity index (χ1v) is 9.06. The molecule has 2 unspecified atom stereocenters. The van der Waals surface area contributed by atoms with E-state index in [9.17, 15) is 4.79 Å². The monoisotopic (exact) mass is 456 g/mol. The van der Waals surface area contributed by atoms with Gasteiger partial charge in [0.05, 0.1) is 11.6 Å². The lowest BCUT2D eigenvalue weighted by Crippen LogP contribution is -2.52. The summed E-state index contributed by atoms with van der Waals surface area (Å²) in [6.45, 7) is 8.41. The molecule has 28 heavy (non-hydrogen) atoms. The molecule has 0 bridgehead atoms. The molecule has 2 rings (SSSR count). The van der Waals surface area contributed by atoms with E-state index in [2.05, 4.69) is 15.9 Å². The number of hydrogen-bond donors (Lipinski definition) is 1. The number of halogens is 3. The van der Waals surface area contributed by atoms with Crippen molar-refractivity contribution in [2.45, 2.75) is 19.9 Å². The number of hydrogen-bond acceptors (Lipinski definition) is 5. The molecule has 1 saturated heterocycles. The molecular formula is C19H35Cl3N4O2. The Morgan fingerprint density at radius 1 is 1.11 bits per heavy atom. The number of likely N-dealkylation sites (N-methyl/N-ethyl adjacent to an activating group) is 1. The van der Waals surface area contributed by atoms with Crippen LogP contribution in [0.5, 0.6) is 5.75 Å². The van der Waals surface area contributed by atoms with Crippen LogP contribution in [-0.2, 0) is 4.79 Å². The minimum Gasteiger partial charge on any atom is -0.490 e. The first-order chi connectivity index (χ1) is 11.9. The normalized spacial score (nSPS) is 15.6. The molecule has 1 amide bonds. The molecule has 1 fully saturated rings. The summed E-state index contributed by atoms with van der Waals surface area (Å²) in [7, 11) is 4.07. The third-order valence-corrected chi connectivity index (χ3v) is 4.77. The number of nitrogens with zero attached hydrogens (tertiary/aromatic N) is 3. The largest absolute Gasteiger partial charge is 0.490 e. The predicted octanol–water partition coefficient (Wildman–Crippen LogP) is 2.52. The molecule has 0 aliphatic carbocycles. The second kappa shape index (κ2) is 14.1. The van der Waals surface area contributed by atoms with Crippen molar-refractivity contribution < 1.29 is 9.53 Å². The lowest BCUT2D eigenvalue weighted by Gasteiger charge is -2.38. The van der Waals surface area contributed by atoms with Crippen molar-refractivity contribution in [2.75, 3.05) is 58.3 Å². The number of benzene rings is 1. The first kappa shape index (κ1) is 29.3. The molecule has 1 aromatic carbocycles. The van der Waals surface area contributed by atoms with Crippen LogP contribution in [-0.4, -0.2) is 75.2 Å². The van der Waals surface area contributed by atoms with Crippen LogP contribution in [0.3, 0.4) is 0 Å². The summed E-state index contributed by atoms with van der Waals surface area (Å²) in [6, 6.07) is 8.02. The number of amides is 1. The van der Waals surface area contributed by atoms with Crippen LogP contribution in [0.15, 0.2) is 24.3 Å². The van der Waals surface area contributed by atoms with Crippen LogP contribution in [0.2, 0.25) is 0 Å². The van der Waals surface area contributed by atoms with Crippen molar-refractivity contribution in [3.05, 3.63) is 24.3 Å². The Hall–Kier alpha value is -0.920. The van der Waals surface area contributed by atoms with Crippen LogP contribution in [0.4, 0.5) is 5.69 Å². The fraction of sp³-hybridized carbons (Fsp3) is 0.632. The number of anilines is 1. The molecule has 0 aromatic heterocycles. The number of piperazine rings is 1. The van der Waals surface area contributed by atoms with Crippen molar-refractivity contribution in [1.82, 2.24) is 9.80 Å². The number of para-hydroxylation sites is 2. The lowest BCUT2D eigenvalue weighted by molar-refractivity contribution is -0.135. The Morgan fingerprint density at radius 2 is 1.68 bits per heavy atom. The summed E-state index contributed by atoms with van der Waals surface area (Å²) in [5.74, 6) is 0.937. The SMILES string of the molecule is CC(N)C(C)C(=O)N1CCN(c2ccccc2OCCN(C)C)CC1.Cl.Cl.Cl. The number of rotatable bonds is 7. The smallest absolute Gasteiger partial charge is 0.227 e. The van der Waals surface area contributed by atoms with Crippen molar-refractivity contribution >= 4 is 48.8 Å².